The molecule has 0 bridgehead atoms. The van der Waals surface area contributed by atoms with Gasteiger partial charge >= 0.3 is 0 Å². The van der Waals surface area contributed by atoms with E-state index in [1.54, 1.807) is 29.7 Å². The highest BCUT2D eigenvalue weighted by Gasteiger charge is 2.38. The summed E-state index contributed by atoms with van der Waals surface area (Å²) in [5, 5.41) is 10.1. The number of aliphatic hydroxyl groups excluding tert-OH is 1. The average molecular weight is 271 g/mol. The number of aliphatic hydroxyl groups is 1. The van der Waals surface area contributed by atoms with Crippen LogP contribution < -0.4 is 0 Å². The highest BCUT2D eigenvalue weighted by atomic mass is 32.2. The zero-order chi connectivity index (χ0) is 12.7. The van der Waals surface area contributed by atoms with Crippen molar-refractivity contribution < 1.29 is 5.11 Å². The van der Waals surface area contributed by atoms with E-state index in [0.29, 0.717) is 0 Å². The molecule has 1 rings (SSSR count). The van der Waals surface area contributed by atoms with Gasteiger partial charge in [0.1, 0.15) is 4.08 Å². The van der Waals surface area contributed by atoms with Crippen LogP contribution in [-0.4, -0.2) is 28.2 Å². The van der Waals surface area contributed by atoms with Gasteiger partial charge in [0.05, 0.1) is 11.8 Å². The molecule has 1 heterocycles. The Bertz CT molecular complexity index is 318. The molecule has 0 aliphatic heterocycles. The maximum atomic E-state index is 10.1. The Morgan fingerprint density at radius 3 is 2.71 bits per heavy atom. The van der Waals surface area contributed by atoms with Crippen molar-refractivity contribution in [3.63, 3.8) is 0 Å². The van der Waals surface area contributed by atoms with E-state index in [9.17, 15) is 5.11 Å². The predicted octanol–water partition coefficient (Wildman–Crippen LogP) is 3.51. The summed E-state index contributed by atoms with van der Waals surface area (Å²) in [5.74, 6) is 1.05. The van der Waals surface area contributed by atoms with Crippen LogP contribution in [0, 0.1) is 0 Å². The van der Waals surface area contributed by atoms with Gasteiger partial charge in [0.25, 0.3) is 0 Å². The van der Waals surface area contributed by atoms with Gasteiger partial charge in [-0.1, -0.05) is 19.4 Å². The van der Waals surface area contributed by atoms with Gasteiger partial charge in [0.2, 0.25) is 0 Å². The Hall–Kier alpha value is -0.190. The number of hydrogen-bond donors (Lipinski definition) is 1. The van der Waals surface area contributed by atoms with Crippen LogP contribution in [0.4, 0.5) is 0 Å². The van der Waals surface area contributed by atoms with E-state index in [0.717, 1.165) is 11.4 Å². The first-order valence-corrected chi connectivity index (χ1v) is 8.17. The molecule has 4 heteroatoms. The van der Waals surface area contributed by atoms with Crippen molar-refractivity contribution in [3.8, 4) is 0 Å². The Morgan fingerprint density at radius 2 is 2.24 bits per heavy atom. The summed E-state index contributed by atoms with van der Waals surface area (Å²) in [6.45, 7) is 4.04. The van der Waals surface area contributed by atoms with Crippen molar-refractivity contribution >= 4 is 23.5 Å². The van der Waals surface area contributed by atoms with Gasteiger partial charge in [-0.2, -0.15) is 0 Å². The number of hydrogen-bond acceptors (Lipinski definition) is 4. The molecule has 0 aliphatic rings. The molecule has 17 heavy (non-hydrogen) atoms. The minimum absolute atomic E-state index is 0.337. The molecule has 0 fully saturated rings. The molecule has 2 nitrogen and oxygen atoms in total. The van der Waals surface area contributed by atoms with E-state index in [1.165, 1.54) is 12.8 Å². The van der Waals surface area contributed by atoms with Crippen molar-refractivity contribution in [2.24, 2.45) is 0 Å². The zero-order valence-corrected chi connectivity index (χ0v) is 12.4. The predicted molar refractivity (Wildman–Crippen MR) is 78.5 cm³/mol. The SMILES string of the molecule is CCCCSC(SC)(c1ccccn1)C(C)O. The first-order valence-electron chi connectivity index (χ1n) is 5.96. The summed E-state index contributed by atoms with van der Waals surface area (Å²) in [6.07, 6.45) is 5.77. The minimum atomic E-state index is -0.422. The van der Waals surface area contributed by atoms with Gasteiger partial charge in [-0.15, -0.1) is 23.5 Å². The second-order valence-electron chi connectivity index (χ2n) is 3.96. The molecule has 0 saturated heterocycles. The lowest BCUT2D eigenvalue weighted by atomic mass is 10.2. The Kier molecular flexibility index (Phi) is 6.38. The number of aromatic nitrogens is 1. The van der Waals surface area contributed by atoms with Crippen molar-refractivity contribution in [1.82, 2.24) is 4.98 Å². The molecule has 0 aromatic carbocycles. The summed E-state index contributed by atoms with van der Waals surface area (Å²) in [4.78, 5) is 4.42. The normalized spacial score (nSPS) is 16.5. The first kappa shape index (κ1) is 14.9. The fourth-order valence-corrected chi connectivity index (χ4v) is 4.32. The van der Waals surface area contributed by atoms with Gasteiger partial charge in [0.15, 0.2) is 0 Å². The average Bonchev–Trinajstić information content (AvgIpc) is 2.36. The third-order valence-corrected chi connectivity index (χ3v) is 6.17. The van der Waals surface area contributed by atoms with Crippen LogP contribution in [0.15, 0.2) is 24.4 Å². The number of nitrogens with zero attached hydrogens (tertiary/aromatic N) is 1. The molecule has 96 valence electrons. The van der Waals surface area contributed by atoms with Gasteiger partial charge in [-0.05, 0) is 37.5 Å². The molecule has 0 radical (unpaired) electrons. The fourth-order valence-electron chi connectivity index (χ4n) is 1.68. The molecule has 1 aromatic rings. The van der Waals surface area contributed by atoms with Crippen molar-refractivity contribution in [1.29, 1.82) is 0 Å². The summed E-state index contributed by atoms with van der Waals surface area (Å²) in [6, 6.07) is 5.89. The summed E-state index contributed by atoms with van der Waals surface area (Å²) < 4.78 is -0.337. The second kappa shape index (κ2) is 7.29. The van der Waals surface area contributed by atoms with Crippen molar-refractivity contribution in [3.05, 3.63) is 30.1 Å². The lowest BCUT2D eigenvalue weighted by Gasteiger charge is -2.33. The van der Waals surface area contributed by atoms with Crippen LogP contribution in [0.25, 0.3) is 0 Å². The molecule has 2 unspecified atom stereocenters. The number of thioether (sulfide) groups is 2. The van der Waals surface area contributed by atoms with Crippen molar-refractivity contribution in [2.45, 2.75) is 36.9 Å². The lowest BCUT2D eigenvalue weighted by Crippen LogP contribution is -2.32. The van der Waals surface area contributed by atoms with E-state index in [2.05, 4.69) is 11.9 Å². The fraction of sp³-hybridized carbons (Fsp3) is 0.615. The van der Waals surface area contributed by atoms with E-state index in [-0.39, 0.29) is 4.08 Å². The van der Waals surface area contributed by atoms with Crippen LogP contribution in [0.1, 0.15) is 32.4 Å². The maximum Gasteiger partial charge on any atom is 0.128 e. The van der Waals surface area contributed by atoms with Gasteiger partial charge in [0, 0.05) is 6.20 Å². The molecule has 1 aromatic heterocycles. The Labute approximate surface area is 113 Å². The molecule has 0 amide bonds. The van der Waals surface area contributed by atoms with Gasteiger partial charge in [-0.25, -0.2) is 0 Å². The van der Waals surface area contributed by atoms with Gasteiger partial charge < -0.3 is 5.11 Å². The standard InChI is InChI=1S/C13H21NOS2/c1-4-5-10-17-13(16-3,11(2)15)12-8-6-7-9-14-12/h6-9,11,15H,4-5,10H2,1-3H3. The zero-order valence-electron chi connectivity index (χ0n) is 10.7. The van der Waals surface area contributed by atoms with Crippen LogP contribution in [0.5, 0.6) is 0 Å². The van der Waals surface area contributed by atoms with E-state index in [4.69, 9.17) is 0 Å². The third-order valence-electron chi connectivity index (χ3n) is 2.69. The summed E-state index contributed by atoms with van der Waals surface area (Å²) in [5.41, 5.74) is 0.962. The molecule has 0 aliphatic carbocycles. The highest BCUT2D eigenvalue weighted by Crippen LogP contribution is 2.47. The van der Waals surface area contributed by atoms with Crippen LogP contribution in [0.2, 0.25) is 0 Å². The molecule has 2 atom stereocenters. The smallest absolute Gasteiger partial charge is 0.128 e. The molecular weight excluding hydrogens is 250 g/mol. The van der Waals surface area contributed by atoms with E-state index >= 15 is 0 Å². The molecular formula is C13H21NOS2. The van der Waals surface area contributed by atoms with E-state index in [1.807, 2.05) is 31.4 Å². The topological polar surface area (TPSA) is 33.1 Å². The first-order chi connectivity index (χ1) is 8.17. The summed E-state index contributed by atoms with van der Waals surface area (Å²) in [7, 11) is 0. The third kappa shape index (κ3) is 3.63. The monoisotopic (exact) mass is 271 g/mol. The van der Waals surface area contributed by atoms with Crippen LogP contribution in [0.3, 0.4) is 0 Å². The molecule has 0 spiro atoms. The van der Waals surface area contributed by atoms with Crippen LogP contribution >= 0.6 is 23.5 Å². The lowest BCUT2D eigenvalue weighted by molar-refractivity contribution is 0.179. The Balaban J connectivity index is 2.92. The number of pyridine rings is 1. The van der Waals surface area contributed by atoms with Crippen molar-refractivity contribution in [2.75, 3.05) is 12.0 Å². The number of unbranched alkanes of at least 4 members (excludes halogenated alkanes) is 1. The van der Waals surface area contributed by atoms with E-state index < -0.39 is 6.10 Å². The molecule has 0 saturated carbocycles. The van der Waals surface area contributed by atoms with Gasteiger partial charge in [-0.3, -0.25) is 4.98 Å². The second-order valence-corrected chi connectivity index (χ2v) is 6.62. The maximum absolute atomic E-state index is 10.1. The highest BCUT2D eigenvalue weighted by molar-refractivity contribution is 8.17. The largest absolute Gasteiger partial charge is 0.391 e. The quantitative estimate of drug-likeness (QED) is 0.608. The Morgan fingerprint density at radius 1 is 1.47 bits per heavy atom. The summed E-state index contributed by atoms with van der Waals surface area (Å²) >= 11 is 3.48. The number of rotatable bonds is 7. The van der Waals surface area contributed by atoms with Crippen LogP contribution in [-0.2, 0) is 4.08 Å². The minimum Gasteiger partial charge on any atom is -0.391 e. The molecule has 1 N–H and O–H groups in total.